The second-order valence-corrected chi connectivity index (χ2v) is 4.25. The predicted molar refractivity (Wildman–Crippen MR) is 63.3 cm³/mol. The summed E-state index contributed by atoms with van der Waals surface area (Å²) in [5.41, 5.74) is 1.20. The van der Waals surface area contributed by atoms with E-state index in [1.165, 1.54) is 0 Å². The lowest BCUT2D eigenvalue weighted by Crippen LogP contribution is -2.43. The summed E-state index contributed by atoms with van der Waals surface area (Å²) in [6, 6.07) is 0. The Morgan fingerprint density at radius 2 is 2.50 bits per heavy atom. The van der Waals surface area contributed by atoms with Gasteiger partial charge in [-0.1, -0.05) is 0 Å². The van der Waals surface area contributed by atoms with Crippen molar-refractivity contribution in [3.63, 3.8) is 0 Å². The average molecular weight is 257 g/mol. The van der Waals surface area contributed by atoms with Gasteiger partial charge >= 0.3 is 0 Å². The highest BCUT2D eigenvalue weighted by molar-refractivity contribution is 5.40. The molecule has 0 radical (unpaired) electrons. The van der Waals surface area contributed by atoms with E-state index >= 15 is 0 Å². The van der Waals surface area contributed by atoms with Crippen LogP contribution in [0.5, 0.6) is 0 Å². The molecule has 2 heterocycles. The number of halogens is 1. The molecule has 0 aliphatic carbocycles. The Hall–Kier alpha value is -1.51. The molecule has 1 aromatic heterocycles. The van der Waals surface area contributed by atoms with E-state index in [1.54, 1.807) is 6.92 Å². The predicted octanol–water partition coefficient (Wildman–Crippen LogP) is -0.147. The molecule has 18 heavy (non-hydrogen) atoms. The van der Waals surface area contributed by atoms with E-state index in [1.807, 2.05) is 0 Å². The molecule has 2 rings (SSSR count). The van der Waals surface area contributed by atoms with Gasteiger partial charge in [0.1, 0.15) is 5.60 Å². The fourth-order valence-electron chi connectivity index (χ4n) is 1.80. The van der Waals surface area contributed by atoms with Crippen molar-refractivity contribution < 1.29 is 14.2 Å². The first-order chi connectivity index (χ1) is 8.55. The minimum absolute atomic E-state index is 0.00882. The molecular weight excluding hydrogens is 241 g/mol. The van der Waals surface area contributed by atoms with E-state index in [-0.39, 0.29) is 24.4 Å². The summed E-state index contributed by atoms with van der Waals surface area (Å²) in [5.74, 6) is 4.62. The number of nitrogen functional groups attached to an aromatic ring is 1. The molecule has 1 aromatic rings. The molecule has 7 nitrogen and oxygen atoms in total. The number of nitrogens with zero attached hydrogens (tertiary/aromatic N) is 2. The SMILES string of the molecule is CC1OCCC1(O)CNc1nc(NN)ncc1F. The van der Waals surface area contributed by atoms with Gasteiger partial charge in [0, 0.05) is 19.6 Å². The van der Waals surface area contributed by atoms with Gasteiger partial charge in [0.25, 0.3) is 0 Å². The first-order valence-corrected chi connectivity index (χ1v) is 5.62. The molecule has 1 fully saturated rings. The Labute approximate surface area is 104 Å². The van der Waals surface area contributed by atoms with Gasteiger partial charge in [-0.05, 0) is 6.92 Å². The van der Waals surface area contributed by atoms with Gasteiger partial charge in [-0.3, -0.25) is 5.43 Å². The van der Waals surface area contributed by atoms with Crippen LogP contribution in [0.3, 0.4) is 0 Å². The van der Waals surface area contributed by atoms with Crippen LogP contribution in [0.4, 0.5) is 16.2 Å². The third-order valence-corrected chi connectivity index (χ3v) is 3.09. The molecule has 0 bridgehead atoms. The standard InChI is InChI=1S/C10H16FN5O2/c1-6-10(17,2-3-18-6)5-14-8-7(11)4-13-9(15-8)16-12/h4,6,17H,2-3,5,12H2,1H3,(H2,13,14,15,16). The number of rotatable bonds is 4. The smallest absolute Gasteiger partial charge is 0.239 e. The van der Waals surface area contributed by atoms with Crippen molar-refractivity contribution >= 4 is 11.8 Å². The number of hydrazine groups is 1. The van der Waals surface area contributed by atoms with Gasteiger partial charge in [0.2, 0.25) is 5.95 Å². The largest absolute Gasteiger partial charge is 0.385 e. The van der Waals surface area contributed by atoms with Crippen molar-refractivity contribution in [3.8, 4) is 0 Å². The highest BCUT2D eigenvalue weighted by Crippen LogP contribution is 2.26. The number of aromatic nitrogens is 2. The molecule has 5 N–H and O–H groups in total. The number of hydrogen-bond acceptors (Lipinski definition) is 7. The number of hydrogen-bond donors (Lipinski definition) is 4. The van der Waals surface area contributed by atoms with Crippen molar-refractivity contribution in [2.75, 3.05) is 23.9 Å². The maximum atomic E-state index is 13.4. The normalized spacial score (nSPS) is 27.2. The quantitative estimate of drug-likeness (QED) is 0.439. The molecule has 1 aliphatic heterocycles. The van der Waals surface area contributed by atoms with Crippen molar-refractivity contribution in [1.29, 1.82) is 0 Å². The zero-order valence-corrected chi connectivity index (χ0v) is 9.98. The van der Waals surface area contributed by atoms with Crippen molar-refractivity contribution in [2.45, 2.75) is 25.0 Å². The van der Waals surface area contributed by atoms with Gasteiger partial charge in [-0.2, -0.15) is 4.98 Å². The summed E-state index contributed by atoms with van der Waals surface area (Å²) in [4.78, 5) is 7.44. The fourth-order valence-corrected chi connectivity index (χ4v) is 1.80. The first kappa shape index (κ1) is 12.9. The summed E-state index contributed by atoms with van der Waals surface area (Å²) in [6.45, 7) is 2.41. The third-order valence-electron chi connectivity index (χ3n) is 3.09. The lowest BCUT2D eigenvalue weighted by atomic mass is 9.97. The number of ether oxygens (including phenoxy) is 1. The van der Waals surface area contributed by atoms with Crippen molar-refractivity contribution in [2.24, 2.45) is 5.84 Å². The summed E-state index contributed by atoms with van der Waals surface area (Å²) < 4.78 is 18.7. The van der Waals surface area contributed by atoms with E-state index in [0.29, 0.717) is 13.0 Å². The molecule has 1 aliphatic rings. The highest BCUT2D eigenvalue weighted by atomic mass is 19.1. The van der Waals surface area contributed by atoms with Crippen LogP contribution in [-0.2, 0) is 4.74 Å². The molecule has 2 atom stereocenters. The number of anilines is 2. The Morgan fingerprint density at radius 1 is 1.72 bits per heavy atom. The van der Waals surface area contributed by atoms with Gasteiger partial charge in [0.05, 0.1) is 12.3 Å². The van der Waals surface area contributed by atoms with Crippen LogP contribution >= 0.6 is 0 Å². The Morgan fingerprint density at radius 3 is 3.11 bits per heavy atom. The first-order valence-electron chi connectivity index (χ1n) is 5.62. The summed E-state index contributed by atoms with van der Waals surface area (Å²) in [6.07, 6.45) is 1.20. The van der Waals surface area contributed by atoms with E-state index in [0.717, 1.165) is 6.20 Å². The van der Waals surface area contributed by atoms with Crippen LogP contribution in [0, 0.1) is 5.82 Å². The highest BCUT2D eigenvalue weighted by Gasteiger charge is 2.39. The van der Waals surface area contributed by atoms with Crippen LogP contribution in [0.1, 0.15) is 13.3 Å². The molecule has 0 aromatic carbocycles. The van der Waals surface area contributed by atoms with E-state index < -0.39 is 11.4 Å². The maximum absolute atomic E-state index is 13.4. The minimum atomic E-state index is -1.02. The molecule has 0 spiro atoms. The Kier molecular flexibility index (Phi) is 3.60. The van der Waals surface area contributed by atoms with Gasteiger partial charge < -0.3 is 15.2 Å². The zero-order valence-electron chi connectivity index (χ0n) is 9.98. The minimum Gasteiger partial charge on any atom is -0.385 e. The van der Waals surface area contributed by atoms with E-state index in [4.69, 9.17) is 10.6 Å². The number of nitrogens with two attached hydrogens (primary N) is 1. The second kappa shape index (κ2) is 5.01. The van der Waals surface area contributed by atoms with Crippen LogP contribution in [0.15, 0.2) is 6.20 Å². The summed E-state index contributed by atoms with van der Waals surface area (Å²) in [5, 5.41) is 13.0. The topological polar surface area (TPSA) is 105 Å². The summed E-state index contributed by atoms with van der Waals surface area (Å²) in [7, 11) is 0. The average Bonchev–Trinajstić information content (AvgIpc) is 2.69. The molecule has 100 valence electrons. The lowest BCUT2D eigenvalue weighted by Gasteiger charge is -2.26. The third kappa shape index (κ3) is 2.50. The molecular formula is C10H16FN5O2. The van der Waals surface area contributed by atoms with Crippen LogP contribution < -0.4 is 16.6 Å². The van der Waals surface area contributed by atoms with E-state index in [9.17, 15) is 9.50 Å². The van der Waals surface area contributed by atoms with Crippen molar-refractivity contribution in [3.05, 3.63) is 12.0 Å². The summed E-state index contributed by atoms with van der Waals surface area (Å²) >= 11 is 0. The van der Waals surface area contributed by atoms with E-state index in [2.05, 4.69) is 20.7 Å². The zero-order chi connectivity index (χ0) is 13.2. The molecule has 1 saturated heterocycles. The number of nitrogens with one attached hydrogen (secondary N) is 2. The van der Waals surface area contributed by atoms with Crippen LogP contribution in [0.2, 0.25) is 0 Å². The molecule has 2 unspecified atom stereocenters. The maximum Gasteiger partial charge on any atom is 0.239 e. The molecule has 8 heteroatoms. The van der Waals surface area contributed by atoms with Crippen molar-refractivity contribution in [1.82, 2.24) is 9.97 Å². The molecule has 0 saturated carbocycles. The monoisotopic (exact) mass is 257 g/mol. The van der Waals surface area contributed by atoms with Gasteiger partial charge in [0.15, 0.2) is 11.6 Å². The Bertz CT molecular complexity index is 433. The second-order valence-electron chi connectivity index (χ2n) is 4.25. The lowest BCUT2D eigenvalue weighted by molar-refractivity contribution is -0.0176. The van der Waals surface area contributed by atoms with Crippen LogP contribution in [0.25, 0.3) is 0 Å². The van der Waals surface area contributed by atoms with Gasteiger partial charge in [-0.15, -0.1) is 0 Å². The van der Waals surface area contributed by atoms with Crippen LogP contribution in [-0.4, -0.2) is 39.9 Å². The number of aliphatic hydroxyl groups is 1. The fraction of sp³-hybridized carbons (Fsp3) is 0.600. The van der Waals surface area contributed by atoms with Gasteiger partial charge in [-0.25, -0.2) is 15.2 Å². The Balaban J connectivity index is 2.05. The molecule has 0 amide bonds.